The summed E-state index contributed by atoms with van der Waals surface area (Å²) in [6, 6.07) is 2.36. The molecule has 0 aromatic carbocycles. The van der Waals surface area contributed by atoms with Crippen molar-refractivity contribution in [1.29, 1.82) is 0 Å². The molecular weight excluding hydrogens is 244 g/mol. The van der Waals surface area contributed by atoms with Crippen LogP contribution in [-0.4, -0.2) is 36.1 Å². The van der Waals surface area contributed by atoms with Gasteiger partial charge in [-0.1, -0.05) is 46.0 Å². The highest BCUT2D eigenvalue weighted by Crippen LogP contribution is 2.26. The van der Waals surface area contributed by atoms with Gasteiger partial charge in [0.1, 0.15) is 0 Å². The summed E-state index contributed by atoms with van der Waals surface area (Å²) in [4.78, 5) is 2.81. The molecule has 0 spiro atoms. The summed E-state index contributed by atoms with van der Waals surface area (Å²) in [6.45, 7) is 9.63. The minimum absolute atomic E-state index is 0.697. The fraction of sp³-hybridized carbons (Fsp3) is 1.00. The second kappa shape index (κ2) is 8.38. The maximum atomic E-state index is 3.86. The molecule has 1 N–H and O–H groups in total. The first-order valence-corrected chi connectivity index (χ1v) is 9.16. The van der Waals surface area contributed by atoms with E-state index in [-0.39, 0.29) is 0 Å². The van der Waals surface area contributed by atoms with Crippen molar-refractivity contribution in [2.75, 3.05) is 13.1 Å². The summed E-state index contributed by atoms with van der Waals surface area (Å²) in [6.07, 6.45) is 12.9. The van der Waals surface area contributed by atoms with Crippen LogP contribution in [0.25, 0.3) is 0 Å². The third kappa shape index (κ3) is 5.04. The van der Waals surface area contributed by atoms with Crippen LogP contribution in [0.15, 0.2) is 0 Å². The predicted molar refractivity (Wildman–Crippen MR) is 88.1 cm³/mol. The average molecular weight is 280 g/mol. The number of nitrogens with one attached hydrogen (secondary N) is 1. The number of hydrogen-bond acceptors (Lipinski definition) is 2. The third-order valence-corrected chi connectivity index (χ3v) is 5.24. The Morgan fingerprint density at radius 3 is 2.10 bits per heavy atom. The number of rotatable bonds is 7. The first kappa shape index (κ1) is 16.3. The fourth-order valence-corrected chi connectivity index (χ4v) is 4.11. The van der Waals surface area contributed by atoms with E-state index in [9.17, 15) is 0 Å². The molecule has 2 aliphatic carbocycles. The maximum absolute atomic E-state index is 3.86. The first-order valence-electron chi connectivity index (χ1n) is 9.16. The molecule has 0 heterocycles. The first-order chi connectivity index (χ1) is 9.66. The van der Waals surface area contributed by atoms with Crippen LogP contribution in [0.5, 0.6) is 0 Å². The van der Waals surface area contributed by atoms with Crippen molar-refractivity contribution < 1.29 is 0 Å². The van der Waals surface area contributed by atoms with E-state index >= 15 is 0 Å². The van der Waals surface area contributed by atoms with E-state index in [0.717, 1.165) is 18.0 Å². The molecule has 2 rings (SSSR count). The Kier molecular flexibility index (Phi) is 6.83. The van der Waals surface area contributed by atoms with Gasteiger partial charge in [0, 0.05) is 31.2 Å². The summed E-state index contributed by atoms with van der Waals surface area (Å²) < 4.78 is 0. The van der Waals surface area contributed by atoms with Crippen LogP contribution < -0.4 is 5.32 Å². The molecule has 118 valence electrons. The van der Waals surface area contributed by atoms with Crippen LogP contribution in [0.3, 0.4) is 0 Å². The lowest BCUT2D eigenvalue weighted by atomic mass is 9.95. The molecule has 2 heteroatoms. The molecule has 2 aliphatic rings. The van der Waals surface area contributed by atoms with Gasteiger partial charge in [-0.3, -0.25) is 4.90 Å². The van der Waals surface area contributed by atoms with Gasteiger partial charge in [-0.25, -0.2) is 0 Å². The summed E-state index contributed by atoms with van der Waals surface area (Å²) in [5, 5.41) is 3.86. The molecule has 0 aromatic rings. The van der Waals surface area contributed by atoms with Gasteiger partial charge < -0.3 is 5.32 Å². The normalized spacial score (nSPS) is 23.9. The smallest absolute Gasteiger partial charge is 0.0195 e. The lowest BCUT2D eigenvalue weighted by molar-refractivity contribution is 0.122. The highest BCUT2D eigenvalue weighted by atomic mass is 15.2. The second-order valence-corrected chi connectivity index (χ2v) is 7.62. The summed E-state index contributed by atoms with van der Waals surface area (Å²) in [5.74, 6) is 0.785. The van der Waals surface area contributed by atoms with Gasteiger partial charge in [-0.15, -0.1) is 0 Å². The minimum Gasteiger partial charge on any atom is -0.312 e. The van der Waals surface area contributed by atoms with Gasteiger partial charge in [0.2, 0.25) is 0 Å². The second-order valence-electron chi connectivity index (χ2n) is 7.62. The van der Waals surface area contributed by atoms with Gasteiger partial charge in [0.15, 0.2) is 0 Å². The van der Waals surface area contributed by atoms with Crippen molar-refractivity contribution in [2.45, 2.75) is 96.7 Å². The van der Waals surface area contributed by atoms with Crippen molar-refractivity contribution in [1.82, 2.24) is 10.2 Å². The number of hydrogen-bond donors (Lipinski definition) is 1. The van der Waals surface area contributed by atoms with Gasteiger partial charge in [0.25, 0.3) is 0 Å². The van der Waals surface area contributed by atoms with Crippen LogP contribution in [-0.2, 0) is 0 Å². The molecular formula is C18H36N2. The predicted octanol–water partition coefficient (Wildman–Crippen LogP) is 4.20. The highest BCUT2D eigenvalue weighted by molar-refractivity contribution is 4.84. The zero-order chi connectivity index (χ0) is 14.4. The van der Waals surface area contributed by atoms with E-state index in [2.05, 4.69) is 31.0 Å². The van der Waals surface area contributed by atoms with Crippen LogP contribution in [0.4, 0.5) is 0 Å². The SMILES string of the molecule is CC(C)CN(C(C)CNC1CCCCC1)C1CCCC1. The number of nitrogens with zero attached hydrogens (tertiary/aromatic N) is 1. The van der Waals surface area contributed by atoms with E-state index in [1.165, 1.54) is 70.9 Å². The van der Waals surface area contributed by atoms with E-state index in [0.29, 0.717) is 6.04 Å². The van der Waals surface area contributed by atoms with E-state index in [1.54, 1.807) is 0 Å². The van der Waals surface area contributed by atoms with Gasteiger partial charge in [-0.2, -0.15) is 0 Å². The molecule has 0 saturated heterocycles. The van der Waals surface area contributed by atoms with Crippen molar-refractivity contribution in [3.63, 3.8) is 0 Å². The van der Waals surface area contributed by atoms with E-state index < -0.39 is 0 Å². The molecule has 1 unspecified atom stereocenters. The molecule has 1 atom stereocenters. The Bertz CT molecular complexity index is 252. The van der Waals surface area contributed by atoms with Crippen molar-refractivity contribution in [3.05, 3.63) is 0 Å². The van der Waals surface area contributed by atoms with Crippen LogP contribution >= 0.6 is 0 Å². The highest BCUT2D eigenvalue weighted by Gasteiger charge is 2.27. The van der Waals surface area contributed by atoms with Crippen LogP contribution in [0.2, 0.25) is 0 Å². The van der Waals surface area contributed by atoms with Crippen molar-refractivity contribution >= 4 is 0 Å². The minimum atomic E-state index is 0.697. The summed E-state index contributed by atoms with van der Waals surface area (Å²) >= 11 is 0. The van der Waals surface area contributed by atoms with Crippen LogP contribution in [0.1, 0.15) is 78.6 Å². The Labute approximate surface area is 126 Å². The summed E-state index contributed by atoms with van der Waals surface area (Å²) in [7, 11) is 0. The molecule has 0 radical (unpaired) electrons. The zero-order valence-corrected chi connectivity index (χ0v) is 14.0. The Hall–Kier alpha value is -0.0800. The molecule has 0 bridgehead atoms. The zero-order valence-electron chi connectivity index (χ0n) is 14.0. The van der Waals surface area contributed by atoms with Gasteiger partial charge in [-0.05, 0) is 38.5 Å². The maximum Gasteiger partial charge on any atom is 0.0195 e. The molecule has 2 nitrogen and oxygen atoms in total. The molecule has 2 saturated carbocycles. The molecule has 20 heavy (non-hydrogen) atoms. The van der Waals surface area contributed by atoms with Crippen molar-refractivity contribution in [3.8, 4) is 0 Å². The Morgan fingerprint density at radius 1 is 0.900 bits per heavy atom. The molecule has 0 aromatic heterocycles. The molecule has 0 aliphatic heterocycles. The quantitative estimate of drug-likeness (QED) is 0.752. The lowest BCUT2D eigenvalue weighted by Crippen LogP contribution is -2.48. The van der Waals surface area contributed by atoms with Crippen molar-refractivity contribution in [2.24, 2.45) is 5.92 Å². The lowest BCUT2D eigenvalue weighted by Gasteiger charge is -2.37. The standard InChI is InChI=1S/C18H36N2/c1-15(2)14-20(18-11-7-8-12-18)16(3)13-19-17-9-5-4-6-10-17/h15-19H,4-14H2,1-3H3. The Morgan fingerprint density at radius 2 is 1.50 bits per heavy atom. The molecule has 0 amide bonds. The van der Waals surface area contributed by atoms with Gasteiger partial charge in [0.05, 0.1) is 0 Å². The topological polar surface area (TPSA) is 15.3 Å². The van der Waals surface area contributed by atoms with E-state index in [1.807, 2.05) is 0 Å². The average Bonchev–Trinajstić information content (AvgIpc) is 2.97. The Balaban J connectivity index is 1.79. The van der Waals surface area contributed by atoms with E-state index in [4.69, 9.17) is 0 Å². The molecule has 2 fully saturated rings. The van der Waals surface area contributed by atoms with Crippen LogP contribution in [0, 0.1) is 5.92 Å². The largest absolute Gasteiger partial charge is 0.312 e. The summed E-state index contributed by atoms with van der Waals surface area (Å²) in [5.41, 5.74) is 0. The third-order valence-electron chi connectivity index (χ3n) is 5.24. The monoisotopic (exact) mass is 280 g/mol. The van der Waals surface area contributed by atoms with Gasteiger partial charge >= 0.3 is 0 Å². The fourth-order valence-electron chi connectivity index (χ4n) is 4.11.